The van der Waals surface area contributed by atoms with Gasteiger partial charge >= 0.3 is 0 Å². The summed E-state index contributed by atoms with van der Waals surface area (Å²) >= 11 is 0. The Balaban J connectivity index is 1.32. The van der Waals surface area contributed by atoms with E-state index in [-0.39, 0.29) is 5.91 Å². The van der Waals surface area contributed by atoms with Gasteiger partial charge in [-0.2, -0.15) is 0 Å². The van der Waals surface area contributed by atoms with E-state index in [2.05, 4.69) is 19.9 Å². The van der Waals surface area contributed by atoms with E-state index in [4.69, 9.17) is 0 Å². The quantitative estimate of drug-likeness (QED) is 0.516. The van der Waals surface area contributed by atoms with Crippen LogP contribution in [0.5, 0.6) is 0 Å². The first-order valence-corrected chi connectivity index (χ1v) is 10.5. The molecule has 0 N–H and O–H groups in total. The molecule has 0 radical (unpaired) electrons. The lowest BCUT2D eigenvalue weighted by atomic mass is 10.0. The van der Waals surface area contributed by atoms with E-state index in [0.717, 1.165) is 52.4 Å². The maximum Gasteiger partial charge on any atom is 0.254 e. The molecule has 0 spiro atoms. The fourth-order valence-corrected chi connectivity index (χ4v) is 4.09. The number of hydrogen-bond acceptors (Lipinski definition) is 5. The second kappa shape index (κ2) is 7.83. The number of aromatic nitrogens is 4. The fourth-order valence-electron chi connectivity index (χ4n) is 4.09. The van der Waals surface area contributed by atoms with Gasteiger partial charge in [-0.05, 0) is 30.7 Å². The molecule has 0 unspecified atom stereocenters. The zero-order chi connectivity index (χ0) is 21.4. The zero-order valence-electron chi connectivity index (χ0n) is 17.7. The summed E-state index contributed by atoms with van der Waals surface area (Å²) in [7, 11) is 0. The molecule has 0 atom stereocenters. The Morgan fingerprint density at radius 3 is 2.39 bits per heavy atom. The van der Waals surface area contributed by atoms with Crippen molar-refractivity contribution < 1.29 is 4.79 Å². The van der Waals surface area contributed by atoms with Crippen molar-refractivity contribution >= 4 is 22.5 Å². The summed E-state index contributed by atoms with van der Waals surface area (Å²) in [6.45, 7) is 6.79. The van der Waals surface area contributed by atoms with E-state index < -0.39 is 0 Å². The van der Waals surface area contributed by atoms with Gasteiger partial charge < -0.3 is 9.80 Å². The minimum Gasteiger partial charge on any atom is -0.353 e. The van der Waals surface area contributed by atoms with E-state index in [1.165, 1.54) is 0 Å². The summed E-state index contributed by atoms with van der Waals surface area (Å²) in [5.74, 6) is 1.76. The summed E-state index contributed by atoms with van der Waals surface area (Å²) in [5.41, 5.74) is 2.82. The third kappa shape index (κ3) is 3.52. The molecule has 2 aromatic heterocycles. The van der Waals surface area contributed by atoms with Crippen LogP contribution in [0.1, 0.15) is 21.7 Å². The number of benzene rings is 2. The first-order valence-electron chi connectivity index (χ1n) is 10.5. The molecule has 1 amide bonds. The SMILES string of the molecule is Cc1ncn(-c2cc(N3CCN(C(=O)c4cccc5ccccc45)CC3)ncn2)c1C. The highest BCUT2D eigenvalue weighted by molar-refractivity contribution is 6.07. The monoisotopic (exact) mass is 412 g/mol. The van der Waals surface area contributed by atoms with Crippen LogP contribution in [0, 0.1) is 13.8 Å². The number of aryl methyl sites for hydroxylation is 1. The van der Waals surface area contributed by atoms with Crippen LogP contribution in [0.25, 0.3) is 16.6 Å². The summed E-state index contributed by atoms with van der Waals surface area (Å²) < 4.78 is 1.97. The van der Waals surface area contributed by atoms with E-state index in [1.54, 1.807) is 12.7 Å². The Morgan fingerprint density at radius 2 is 1.61 bits per heavy atom. The van der Waals surface area contributed by atoms with Crippen LogP contribution in [0.2, 0.25) is 0 Å². The molecule has 1 aliphatic heterocycles. The van der Waals surface area contributed by atoms with Gasteiger partial charge in [0.25, 0.3) is 5.91 Å². The number of imidazole rings is 1. The third-order valence-corrected chi connectivity index (χ3v) is 6.05. The van der Waals surface area contributed by atoms with Crippen molar-refractivity contribution in [2.24, 2.45) is 0 Å². The van der Waals surface area contributed by atoms with Gasteiger partial charge in [0.05, 0.1) is 5.69 Å². The lowest BCUT2D eigenvalue weighted by Crippen LogP contribution is -2.49. The lowest BCUT2D eigenvalue weighted by Gasteiger charge is -2.35. The van der Waals surface area contributed by atoms with Crippen molar-refractivity contribution in [3.05, 3.63) is 78.1 Å². The highest BCUT2D eigenvalue weighted by Gasteiger charge is 2.24. The van der Waals surface area contributed by atoms with Gasteiger partial charge in [0.2, 0.25) is 0 Å². The van der Waals surface area contributed by atoms with Crippen LogP contribution in [-0.4, -0.2) is 56.5 Å². The molecule has 7 nitrogen and oxygen atoms in total. The Labute approximate surface area is 181 Å². The van der Waals surface area contributed by atoms with Crippen LogP contribution in [0.15, 0.2) is 61.2 Å². The number of hydrogen-bond donors (Lipinski definition) is 0. The van der Waals surface area contributed by atoms with Crippen LogP contribution >= 0.6 is 0 Å². The number of fused-ring (bicyclic) bond motifs is 1. The molecule has 3 heterocycles. The molecule has 0 saturated carbocycles. The van der Waals surface area contributed by atoms with Gasteiger partial charge in [-0.1, -0.05) is 36.4 Å². The van der Waals surface area contributed by atoms with Gasteiger partial charge in [0, 0.05) is 43.5 Å². The molecule has 7 heteroatoms. The molecule has 4 aromatic rings. The smallest absolute Gasteiger partial charge is 0.254 e. The van der Waals surface area contributed by atoms with Crippen LogP contribution in [0.4, 0.5) is 5.82 Å². The third-order valence-electron chi connectivity index (χ3n) is 6.05. The average molecular weight is 412 g/mol. The van der Waals surface area contributed by atoms with Crippen molar-refractivity contribution in [3.63, 3.8) is 0 Å². The molecule has 2 aromatic carbocycles. The molecule has 1 aliphatic rings. The Morgan fingerprint density at radius 1 is 0.871 bits per heavy atom. The largest absolute Gasteiger partial charge is 0.353 e. The summed E-state index contributed by atoms with van der Waals surface area (Å²) in [5, 5.41) is 2.09. The molecule has 5 rings (SSSR count). The summed E-state index contributed by atoms with van der Waals surface area (Å²) in [6.07, 6.45) is 3.38. The zero-order valence-corrected chi connectivity index (χ0v) is 17.7. The van der Waals surface area contributed by atoms with E-state index in [1.807, 2.05) is 71.8 Å². The molecule has 0 aliphatic carbocycles. The highest BCUT2D eigenvalue weighted by Crippen LogP contribution is 2.22. The molecule has 0 bridgehead atoms. The first kappa shape index (κ1) is 19.2. The standard InChI is InChI=1S/C24H24N6O/c1-17-18(2)30(16-27-17)23-14-22(25-15-26-23)28-10-12-29(13-11-28)24(31)21-9-5-7-19-6-3-4-8-20(19)21/h3-9,14-16H,10-13H2,1-2H3. The van der Waals surface area contributed by atoms with E-state index in [0.29, 0.717) is 13.1 Å². The van der Waals surface area contributed by atoms with Gasteiger partial charge in [-0.25, -0.2) is 15.0 Å². The van der Waals surface area contributed by atoms with Gasteiger partial charge in [-0.3, -0.25) is 9.36 Å². The number of piperazine rings is 1. The minimum atomic E-state index is 0.0874. The van der Waals surface area contributed by atoms with Gasteiger partial charge in [0.15, 0.2) is 0 Å². The van der Waals surface area contributed by atoms with E-state index in [9.17, 15) is 4.79 Å². The fraction of sp³-hybridized carbons (Fsp3) is 0.250. The van der Waals surface area contributed by atoms with Crippen molar-refractivity contribution in [2.45, 2.75) is 13.8 Å². The topological polar surface area (TPSA) is 67.2 Å². The highest BCUT2D eigenvalue weighted by atomic mass is 16.2. The second-order valence-electron chi connectivity index (χ2n) is 7.83. The van der Waals surface area contributed by atoms with Gasteiger partial charge in [0.1, 0.15) is 24.3 Å². The van der Waals surface area contributed by atoms with Crippen LogP contribution < -0.4 is 4.90 Å². The van der Waals surface area contributed by atoms with Gasteiger partial charge in [-0.15, -0.1) is 0 Å². The molecular formula is C24H24N6O. The maximum absolute atomic E-state index is 13.2. The summed E-state index contributed by atoms with van der Waals surface area (Å²) in [4.78, 5) is 30.6. The average Bonchev–Trinajstić information content (AvgIpc) is 3.16. The minimum absolute atomic E-state index is 0.0874. The van der Waals surface area contributed by atoms with Crippen LogP contribution in [0.3, 0.4) is 0 Å². The molecule has 31 heavy (non-hydrogen) atoms. The van der Waals surface area contributed by atoms with Crippen LogP contribution in [-0.2, 0) is 0 Å². The first-order chi connectivity index (χ1) is 15.1. The molecule has 1 saturated heterocycles. The predicted octanol–water partition coefficient (Wildman–Crippen LogP) is 3.39. The molecular weight excluding hydrogens is 388 g/mol. The van der Waals surface area contributed by atoms with E-state index >= 15 is 0 Å². The maximum atomic E-state index is 13.2. The van der Waals surface area contributed by atoms with Crippen molar-refractivity contribution in [1.29, 1.82) is 0 Å². The number of nitrogens with zero attached hydrogens (tertiary/aromatic N) is 6. The Hall–Kier alpha value is -3.74. The normalized spacial score (nSPS) is 14.3. The molecule has 156 valence electrons. The number of anilines is 1. The summed E-state index contributed by atoms with van der Waals surface area (Å²) in [6, 6.07) is 15.9. The van der Waals surface area contributed by atoms with Crippen molar-refractivity contribution in [1.82, 2.24) is 24.4 Å². The number of carbonyl (C=O) groups is 1. The Bertz CT molecular complexity index is 1250. The number of carbonyl (C=O) groups excluding carboxylic acids is 1. The lowest BCUT2D eigenvalue weighted by molar-refractivity contribution is 0.0748. The Kier molecular flexibility index (Phi) is 4.86. The number of rotatable bonds is 3. The molecule has 1 fully saturated rings. The predicted molar refractivity (Wildman–Crippen MR) is 121 cm³/mol. The number of amides is 1. The van der Waals surface area contributed by atoms with Crippen molar-refractivity contribution in [3.8, 4) is 5.82 Å². The second-order valence-corrected chi connectivity index (χ2v) is 7.83. The van der Waals surface area contributed by atoms with Crippen molar-refractivity contribution in [2.75, 3.05) is 31.1 Å².